The van der Waals surface area contributed by atoms with Gasteiger partial charge in [-0.2, -0.15) is 13.2 Å². The maximum atomic E-state index is 12.3. The minimum Gasteiger partial charge on any atom is -0.317 e. The quantitative estimate of drug-likeness (QED) is 0.560. The third-order valence-corrected chi connectivity index (χ3v) is 2.60. The second-order valence-corrected chi connectivity index (χ2v) is 3.61. The molecule has 1 aliphatic rings. The summed E-state index contributed by atoms with van der Waals surface area (Å²) in [4.78, 5) is 3.16. The van der Waals surface area contributed by atoms with Crippen LogP contribution < -0.4 is 0 Å². The Labute approximate surface area is 75.8 Å². The third-order valence-electron chi connectivity index (χ3n) is 2.60. The Morgan fingerprint density at radius 1 is 1.31 bits per heavy atom. The Morgan fingerprint density at radius 2 is 2.00 bits per heavy atom. The Morgan fingerprint density at radius 3 is 2.54 bits per heavy atom. The van der Waals surface area contributed by atoms with Crippen molar-refractivity contribution in [3.63, 3.8) is 0 Å². The number of alkyl halides is 3. The highest BCUT2D eigenvalue weighted by molar-refractivity contribution is 4.81. The van der Waals surface area contributed by atoms with E-state index in [9.17, 15) is 13.2 Å². The average molecular weight is 191 g/mol. The Bertz CT molecular complexity index is 204. The highest BCUT2D eigenvalue weighted by atomic mass is 19.4. The molecule has 1 nitrogen and oxygen atoms in total. The van der Waals surface area contributed by atoms with E-state index >= 15 is 0 Å². The van der Waals surface area contributed by atoms with Gasteiger partial charge in [0.25, 0.3) is 0 Å². The summed E-state index contributed by atoms with van der Waals surface area (Å²) >= 11 is 0. The molecule has 1 rings (SSSR count). The summed E-state index contributed by atoms with van der Waals surface area (Å²) in [5, 5.41) is 0. The number of rotatable bonds is 1. The molecule has 0 radical (unpaired) electrons. The lowest BCUT2D eigenvalue weighted by molar-refractivity contribution is -0.185. The molecule has 1 saturated carbocycles. The van der Waals surface area contributed by atoms with E-state index in [4.69, 9.17) is 6.57 Å². The number of hydrogen-bond donors (Lipinski definition) is 0. The summed E-state index contributed by atoms with van der Waals surface area (Å²) in [5.41, 5.74) is 0. The zero-order valence-corrected chi connectivity index (χ0v) is 7.27. The van der Waals surface area contributed by atoms with Crippen molar-refractivity contribution in [3.8, 4) is 0 Å². The zero-order chi connectivity index (χ0) is 9.90. The van der Waals surface area contributed by atoms with Gasteiger partial charge in [-0.05, 0) is 19.3 Å². The molecule has 0 heterocycles. The monoisotopic (exact) mass is 191 g/mol. The molecule has 0 saturated heterocycles. The molecule has 13 heavy (non-hydrogen) atoms. The van der Waals surface area contributed by atoms with Crippen LogP contribution in [0.1, 0.15) is 25.7 Å². The van der Waals surface area contributed by atoms with Gasteiger partial charge in [-0.1, -0.05) is 6.42 Å². The van der Waals surface area contributed by atoms with Crippen molar-refractivity contribution in [2.24, 2.45) is 11.8 Å². The molecule has 1 fully saturated rings. The van der Waals surface area contributed by atoms with E-state index in [0.29, 0.717) is 6.42 Å². The molecule has 0 N–H and O–H groups in total. The van der Waals surface area contributed by atoms with Crippen LogP contribution in [0.3, 0.4) is 0 Å². The fraction of sp³-hybridized carbons (Fsp3) is 0.889. The zero-order valence-electron chi connectivity index (χ0n) is 7.27. The first-order valence-corrected chi connectivity index (χ1v) is 4.44. The SMILES string of the molecule is [C-]#[N+]CC1CCCC(C(F)(F)F)C1. The lowest BCUT2D eigenvalue weighted by Gasteiger charge is -2.27. The molecular weight excluding hydrogens is 179 g/mol. The van der Waals surface area contributed by atoms with Crippen LogP contribution in [0.15, 0.2) is 0 Å². The molecule has 0 aliphatic heterocycles. The van der Waals surface area contributed by atoms with E-state index < -0.39 is 12.1 Å². The summed E-state index contributed by atoms with van der Waals surface area (Å²) in [7, 11) is 0. The molecule has 0 spiro atoms. The van der Waals surface area contributed by atoms with Gasteiger partial charge in [0.1, 0.15) is 0 Å². The van der Waals surface area contributed by atoms with Gasteiger partial charge in [-0.25, -0.2) is 6.57 Å². The van der Waals surface area contributed by atoms with Gasteiger partial charge >= 0.3 is 6.18 Å². The second-order valence-electron chi connectivity index (χ2n) is 3.61. The smallest absolute Gasteiger partial charge is 0.317 e. The van der Waals surface area contributed by atoms with E-state index in [1.54, 1.807) is 0 Å². The van der Waals surface area contributed by atoms with E-state index in [1.807, 2.05) is 0 Å². The van der Waals surface area contributed by atoms with Crippen LogP contribution in [0.2, 0.25) is 0 Å². The van der Waals surface area contributed by atoms with Gasteiger partial charge in [0, 0.05) is 5.92 Å². The minimum absolute atomic E-state index is 0.0297. The van der Waals surface area contributed by atoms with Crippen LogP contribution in [-0.4, -0.2) is 12.7 Å². The van der Waals surface area contributed by atoms with Crippen LogP contribution in [0.5, 0.6) is 0 Å². The van der Waals surface area contributed by atoms with E-state index in [2.05, 4.69) is 4.85 Å². The number of halogens is 3. The van der Waals surface area contributed by atoms with Crippen LogP contribution in [0, 0.1) is 18.4 Å². The second kappa shape index (κ2) is 3.99. The van der Waals surface area contributed by atoms with Gasteiger partial charge in [-0.3, -0.25) is 0 Å². The molecule has 74 valence electrons. The molecule has 4 heteroatoms. The molecule has 0 bridgehead atoms. The summed E-state index contributed by atoms with van der Waals surface area (Å²) in [6.45, 7) is 6.86. The lowest BCUT2D eigenvalue weighted by atomic mass is 9.81. The highest BCUT2D eigenvalue weighted by Gasteiger charge is 2.42. The Hall–Kier alpha value is -0.720. The van der Waals surface area contributed by atoms with Gasteiger partial charge < -0.3 is 4.85 Å². The Balaban J connectivity index is 2.48. The largest absolute Gasteiger partial charge is 0.391 e. The Kier molecular flexibility index (Phi) is 3.18. The minimum atomic E-state index is -4.05. The lowest BCUT2D eigenvalue weighted by Crippen LogP contribution is -2.29. The first kappa shape index (κ1) is 10.4. The summed E-state index contributed by atoms with van der Waals surface area (Å²) < 4.78 is 36.8. The first-order valence-electron chi connectivity index (χ1n) is 4.44. The standard InChI is InChI=1S/C9H12F3N/c1-13-6-7-3-2-4-8(5-7)9(10,11)12/h7-8H,2-6H2. The van der Waals surface area contributed by atoms with Gasteiger partial charge in [0.05, 0.1) is 5.92 Å². The molecule has 0 aromatic rings. The van der Waals surface area contributed by atoms with Crippen molar-refractivity contribution in [2.45, 2.75) is 31.9 Å². The fourth-order valence-corrected chi connectivity index (χ4v) is 1.88. The maximum Gasteiger partial charge on any atom is 0.391 e. The fourth-order valence-electron chi connectivity index (χ4n) is 1.88. The van der Waals surface area contributed by atoms with Crippen LogP contribution in [-0.2, 0) is 0 Å². The molecule has 0 aromatic heterocycles. The van der Waals surface area contributed by atoms with Gasteiger partial charge in [0.15, 0.2) is 0 Å². The molecule has 2 atom stereocenters. The topological polar surface area (TPSA) is 4.36 Å². The van der Waals surface area contributed by atoms with E-state index in [1.165, 1.54) is 0 Å². The van der Waals surface area contributed by atoms with Crippen molar-refractivity contribution in [3.05, 3.63) is 11.4 Å². The van der Waals surface area contributed by atoms with E-state index in [0.717, 1.165) is 6.42 Å². The van der Waals surface area contributed by atoms with Gasteiger partial charge in [-0.15, -0.1) is 0 Å². The normalized spacial score (nSPS) is 29.7. The van der Waals surface area contributed by atoms with Crippen molar-refractivity contribution >= 4 is 0 Å². The summed E-state index contributed by atoms with van der Waals surface area (Å²) in [6, 6.07) is 0. The summed E-state index contributed by atoms with van der Waals surface area (Å²) in [5.74, 6) is -1.19. The first-order chi connectivity index (χ1) is 6.04. The molecule has 0 aromatic carbocycles. The van der Waals surface area contributed by atoms with E-state index in [-0.39, 0.29) is 25.3 Å². The molecular formula is C9H12F3N. The van der Waals surface area contributed by atoms with Crippen molar-refractivity contribution in [2.75, 3.05) is 6.54 Å². The molecule has 0 amide bonds. The number of hydrogen-bond acceptors (Lipinski definition) is 0. The number of nitrogens with zero attached hydrogens (tertiary/aromatic N) is 1. The predicted molar refractivity (Wildman–Crippen MR) is 43.0 cm³/mol. The van der Waals surface area contributed by atoms with Gasteiger partial charge in [0.2, 0.25) is 6.54 Å². The predicted octanol–water partition coefficient (Wildman–Crippen LogP) is 3.27. The van der Waals surface area contributed by atoms with Crippen molar-refractivity contribution in [1.29, 1.82) is 0 Å². The molecule has 2 unspecified atom stereocenters. The average Bonchev–Trinajstić information content (AvgIpc) is 2.04. The van der Waals surface area contributed by atoms with Crippen LogP contribution in [0.25, 0.3) is 4.85 Å². The van der Waals surface area contributed by atoms with Crippen LogP contribution >= 0.6 is 0 Å². The van der Waals surface area contributed by atoms with Crippen LogP contribution in [0.4, 0.5) is 13.2 Å². The van der Waals surface area contributed by atoms with Crippen molar-refractivity contribution in [1.82, 2.24) is 0 Å². The highest BCUT2D eigenvalue weighted by Crippen LogP contribution is 2.39. The maximum absolute atomic E-state index is 12.3. The third kappa shape index (κ3) is 2.91. The summed E-state index contributed by atoms with van der Waals surface area (Å²) in [6.07, 6.45) is -2.25. The molecule has 1 aliphatic carbocycles. The van der Waals surface area contributed by atoms with Crippen molar-refractivity contribution < 1.29 is 13.2 Å².